The topological polar surface area (TPSA) is 78.4 Å². The molecule has 3 aromatic rings. The van der Waals surface area contributed by atoms with Crippen LogP contribution < -0.4 is 10.6 Å². The molecule has 1 aliphatic heterocycles. The first kappa shape index (κ1) is 19.5. The van der Waals surface area contributed by atoms with Gasteiger partial charge in [-0.25, -0.2) is 8.78 Å². The van der Waals surface area contributed by atoms with Gasteiger partial charge in [0.1, 0.15) is 23.0 Å². The molecular formula is C23H16F2N2O3. The smallest absolute Gasteiger partial charge is 0.200 e. The van der Waals surface area contributed by atoms with E-state index in [1.807, 2.05) is 0 Å². The van der Waals surface area contributed by atoms with E-state index in [1.165, 1.54) is 0 Å². The van der Waals surface area contributed by atoms with E-state index < -0.39 is 23.2 Å². The van der Waals surface area contributed by atoms with Gasteiger partial charge < -0.3 is 15.7 Å². The van der Waals surface area contributed by atoms with Crippen LogP contribution in [0.4, 0.5) is 20.2 Å². The molecule has 0 aliphatic carbocycles. The molecule has 3 aromatic carbocycles. The van der Waals surface area contributed by atoms with Gasteiger partial charge in [0.25, 0.3) is 0 Å². The number of carbonyl (C=O) groups is 2. The van der Waals surface area contributed by atoms with E-state index in [4.69, 9.17) is 0 Å². The molecule has 0 fully saturated rings. The van der Waals surface area contributed by atoms with E-state index in [0.29, 0.717) is 23.0 Å². The summed E-state index contributed by atoms with van der Waals surface area (Å²) in [5.74, 6) is -3.16. The van der Waals surface area contributed by atoms with Crippen molar-refractivity contribution >= 4 is 22.9 Å². The molecule has 30 heavy (non-hydrogen) atoms. The highest BCUT2D eigenvalue weighted by molar-refractivity contribution is 6.32. The SMILES string of the molecule is O=C(C(C(=O)c1cc(F)cc(F)c1)=C1Nc2ccc(CO)cc2N1)c1ccccc1. The summed E-state index contributed by atoms with van der Waals surface area (Å²) in [6.07, 6.45) is 0. The van der Waals surface area contributed by atoms with Crippen molar-refractivity contribution in [1.82, 2.24) is 0 Å². The highest BCUT2D eigenvalue weighted by atomic mass is 19.1. The average Bonchev–Trinajstić information content (AvgIpc) is 3.16. The van der Waals surface area contributed by atoms with E-state index in [9.17, 15) is 23.5 Å². The summed E-state index contributed by atoms with van der Waals surface area (Å²) in [6, 6.07) is 15.6. The molecule has 1 heterocycles. The zero-order valence-electron chi connectivity index (χ0n) is 15.6. The second kappa shape index (κ2) is 7.88. The van der Waals surface area contributed by atoms with E-state index in [1.54, 1.807) is 48.5 Å². The Balaban J connectivity index is 1.83. The monoisotopic (exact) mass is 406 g/mol. The molecule has 0 amide bonds. The van der Waals surface area contributed by atoms with Crippen molar-refractivity contribution < 1.29 is 23.5 Å². The second-order valence-electron chi connectivity index (χ2n) is 6.72. The maximum atomic E-state index is 13.7. The molecule has 3 N–H and O–H groups in total. The number of anilines is 2. The molecule has 0 saturated heterocycles. The number of fused-ring (bicyclic) bond motifs is 1. The summed E-state index contributed by atoms with van der Waals surface area (Å²) in [4.78, 5) is 26.4. The van der Waals surface area contributed by atoms with Crippen LogP contribution in [0, 0.1) is 11.6 Å². The largest absolute Gasteiger partial charge is 0.392 e. The zero-order valence-corrected chi connectivity index (χ0v) is 15.6. The Labute approximate surface area is 170 Å². The third kappa shape index (κ3) is 3.70. The minimum atomic E-state index is -0.918. The fraction of sp³-hybridized carbons (Fsp3) is 0.0435. The van der Waals surface area contributed by atoms with Crippen LogP contribution in [-0.4, -0.2) is 16.7 Å². The number of benzene rings is 3. The molecule has 0 bridgehead atoms. The van der Waals surface area contributed by atoms with Crippen molar-refractivity contribution in [3.63, 3.8) is 0 Å². The number of aliphatic hydroxyl groups excluding tert-OH is 1. The maximum Gasteiger partial charge on any atom is 0.200 e. The lowest BCUT2D eigenvalue weighted by Gasteiger charge is -2.11. The third-order valence-electron chi connectivity index (χ3n) is 4.65. The molecule has 0 atom stereocenters. The number of allylic oxidation sites excluding steroid dienone is 1. The Morgan fingerprint density at radius 1 is 0.767 bits per heavy atom. The first-order valence-corrected chi connectivity index (χ1v) is 9.09. The Morgan fingerprint density at radius 3 is 2.07 bits per heavy atom. The van der Waals surface area contributed by atoms with Gasteiger partial charge in [0, 0.05) is 17.2 Å². The van der Waals surface area contributed by atoms with Crippen LogP contribution in [-0.2, 0) is 6.61 Å². The second-order valence-corrected chi connectivity index (χ2v) is 6.72. The van der Waals surface area contributed by atoms with Crippen LogP contribution in [0.25, 0.3) is 0 Å². The van der Waals surface area contributed by atoms with Crippen LogP contribution in [0.2, 0.25) is 0 Å². The fourth-order valence-corrected chi connectivity index (χ4v) is 3.22. The minimum Gasteiger partial charge on any atom is -0.392 e. The van der Waals surface area contributed by atoms with E-state index >= 15 is 0 Å². The molecule has 150 valence electrons. The van der Waals surface area contributed by atoms with E-state index in [2.05, 4.69) is 10.6 Å². The number of ketones is 2. The summed E-state index contributed by atoms with van der Waals surface area (Å²) in [7, 11) is 0. The predicted molar refractivity (Wildman–Crippen MR) is 108 cm³/mol. The van der Waals surface area contributed by atoms with Crippen LogP contribution in [0.1, 0.15) is 26.3 Å². The van der Waals surface area contributed by atoms with Gasteiger partial charge in [-0.1, -0.05) is 36.4 Å². The van der Waals surface area contributed by atoms with Crippen molar-refractivity contribution in [3.05, 3.63) is 106 Å². The highest BCUT2D eigenvalue weighted by Gasteiger charge is 2.29. The lowest BCUT2D eigenvalue weighted by molar-refractivity contribution is 0.0960. The summed E-state index contributed by atoms with van der Waals surface area (Å²) in [6.45, 7) is -0.175. The lowest BCUT2D eigenvalue weighted by atomic mass is 9.95. The molecule has 0 aromatic heterocycles. The lowest BCUT2D eigenvalue weighted by Crippen LogP contribution is -2.21. The van der Waals surface area contributed by atoms with Crippen molar-refractivity contribution in [2.24, 2.45) is 0 Å². The van der Waals surface area contributed by atoms with E-state index in [0.717, 1.165) is 12.1 Å². The number of halogens is 2. The molecule has 0 unspecified atom stereocenters. The number of rotatable bonds is 5. The quantitative estimate of drug-likeness (QED) is 0.255. The highest BCUT2D eigenvalue weighted by Crippen LogP contribution is 2.34. The minimum absolute atomic E-state index is 0.101. The number of carbonyl (C=O) groups excluding carboxylic acids is 2. The number of aliphatic hydroxyl groups is 1. The van der Waals surface area contributed by atoms with Gasteiger partial charge in [-0.2, -0.15) is 0 Å². The van der Waals surface area contributed by atoms with Gasteiger partial charge in [-0.05, 0) is 29.8 Å². The molecule has 0 spiro atoms. The normalized spacial score (nSPS) is 13.8. The Bertz CT molecular complexity index is 1170. The first-order valence-electron chi connectivity index (χ1n) is 9.09. The van der Waals surface area contributed by atoms with Crippen molar-refractivity contribution in [2.45, 2.75) is 6.61 Å². The molecule has 7 heteroatoms. The van der Waals surface area contributed by atoms with Gasteiger partial charge >= 0.3 is 0 Å². The van der Waals surface area contributed by atoms with Crippen molar-refractivity contribution in [3.8, 4) is 0 Å². The average molecular weight is 406 g/mol. The number of Topliss-reactive ketones (excluding diaryl/α,β-unsaturated/α-hetero) is 2. The van der Waals surface area contributed by atoms with Crippen LogP contribution in [0.3, 0.4) is 0 Å². The maximum absolute atomic E-state index is 13.7. The van der Waals surface area contributed by atoms with Gasteiger partial charge in [0.15, 0.2) is 0 Å². The summed E-state index contributed by atoms with van der Waals surface area (Å²) in [5, 5.41) is 15.3. The predicted octanol–water partition coefficient (Wildman–Crippen LogP) is 4.27. The van der Waals surface area contributed by atoms with Gasteiger partial charge in [-0.15, -0.1) is 0 Å². The number of hydrogen-bond donors (Lipinski definition) is 3. The summed E-state index contributed by atoms with van der Waals surface area (Å²) in [5.41, 5.74) is 1.48. The third-order valence-corrected chi connectivity index (χ3v) is 4.65. The van der Waals surface area contributed by atoms with Crippen molar-refractivity contribution in [1.29, 1.82) is 0 Å². The standard InChI is InChI=1S/C23H16F2N2O3/c24-16-9-15(10-17(25)11-16)22(30)20(21(29)14-4-2-1-3-5-14)23-26-18-7-6-13(12-28)8-19(18)27-23/h1-11,26-28H,12H2. The zero-order chi connectivity index (χ0) is 21.3. The number of nitrogens with one attached hydrogen (secondary N) is 2. The van der Waals surface area contributed by atoms with Crippen LogP contribution in [0.5, 0.6) is 0 Å². The molecule has 0 saturated carbocycles. The Hall–Kier alpha value is -3.84. The molecule has 4 rings (SSSR count). The van der Waals surface area contributed by atoms with Gasteiger partial charge in [-0.3, -0.25) is 9.59 Å². The van der Waals surface area contributed by atoms with Crippen LogP contribution in [0.15, 0.2) is 78.1 Å². The molecule has 1 aliphatic rings. The first-order chi connectivity index (χ1) is 14.5. The fourth-order valence-electron chi connectivity index (χ4n) is 3.22. The Kier molecular flexibility index (Phi) is 5.12. The van der Waals surface area contributed by atoms with Crippen molar-refractivity contribution in [2.75, 3.05) is 10.6 Å². The molecule has 5 nitrogen and oxygen atoms in total. The summed E-state index contributed by atoms with van der Waals surface area (Å²) < 4.78 is 27.4. The van der Waals surface area contributed by atoms with Gasteiger partial charge in [0.2, 0.25) is 11.6 Å². The Morgan fingerprint density at radius 2 is 1.40 bits per heavy atom. The number of hydrogen-bond acceptors (Lipinski definition) is 5. The molecular weight excluding hydrogens is 390 g/mol. The van der Waals surface area contributed by atoms with E-state index in [-0.39, 0.29) is 29.1 Å². The van der Waals surface area contributed by atoms with Gasteiger partial charge in [0.05, 0.1) is 18.0 Å². The molecule has 0 radical (unpaired) electrons. The summed E-state index contributed by atoms with van der Waals surface area (Å²) >= 11 is 0. The van der Waals surface area contributed by atoms with Crippen LogP contribution >= 0.6 is 0 Å².